The molecule has 0 bridgehead atoms. The molecule has 1 amide bonds. The van der Waals surface area contributed by atoms with Gasteiger partial charge in [0.2, 0.25) is 0 Å². The molecule has 5 heteroatoms. The van der Waals surface area contributed by atoms with Crippen LogP contribution in [0, 0.1) is 11.7 Å². The highest BCUT2D eigenvalue weighted by atomic mass is 19.1. The Morgan fingerprint density at radius 2 is 2.04 bits per heavy atom. The van der Waals surface area contributed by atoms with Crippen LogP contribution in [0.4, 0.5) is 20.6 Å². The second kappa shape index (κ2) is 7.20. The van der Waals surface area contributed by atoms with Gasteiger partial charge in [0, 0.05) is 6.04 Å². The average molecular weight is 322 g/mol. The minimum atomic E-state index is -0.573. The molecule has 128 valence electrons. The number of ether oxygens (including phenoxy) is 1. The molecule has 4 nitrogen and oxygen atoms in total. The number of carbonyl (C=O) groups is 1. The molecule has 1 aliphatic carbocycles. The first-order valence-electron chi connectivity index (χ1n) is 8.34. The molecule has 1 fully saturated rings. The summed E-state index contributed by atoms with van der Waals surface area (Å²) >= 11 is 0. The van der Waals surface area contributed by atoms with Crippen LogP contribution in [0.15, 0.2) is 18.2 Å². The van der Waals surface area contributed by atoms with Gasteiger partial charge in [-0.3, -0.25) is 5.32 Å². The first kappa shape index (κ1) is 17.6. The summed E-state index contributed by atoms with van der Waals surface area (Å²) in [5, 5.41) is 6.12. The molecule has 2 N–H and O–H groups in total. The number of halogens is 1. The van der Waals surface area contributed by atoms with Crippen molar-refractivity contribution < 1.29 is 13.9 Å². The van der Waals surface area contributed by atoms with Crippen molar-refractivity contribution in [1.82, 2.24) is 0 Å². The maximum absolute atomic E-state index is 13.6. The lowest BCUT2D eigenvalue weighted by molar-refractivity contribution is 0.0636. The highest BCUT2D eigenvalue weighted by molar-refractivity contribution is 5.89. The lowest BCUT2D eigenvalue weighted by Crippen LogP contribution is -2.28. The van der Waals surface area contributed by atoms with Crippen LogP contribution in [0.1, 0.15) is 53.4 Å². The number of nitrogens with one attached hydrogen (secondary N) is 2. The fourth-order valence-electron chi connectivity index (χ4n) is 3.07. The van der Waals surface area contributed by atoms with Gasteiger partial charge in [0.15, 0.2) is 0 Å². The third-order valence-electron chi connectivity index (χ3n) is 4.14. The SMILES string of the molecule is CCC1CCCC1Nc1cc(F)ccc1NC(=O)OC(C)(C)C. The van der Waals surface area contributed by atoms with E-state index in [9.17, 15) is 9.18 Å². The zero-order valence-corrected chi connectivity index (χ0v) is 14.4. The van der Waals surface area contributed by atoms with Gasteiger partial charge in [-0.25, -0.2) is 9.18 Å². The van der Waals surface area contributed by atoms with E-state index in [0.717, 1.165) is 12.8 Å². The van der Waals surface area contributed by atoms with Gasteiger partial charge < -0.3 is 10.1 Å². The Bertz CT molecular complexity index is 554. The van der Waals surface area contributed by atoms with Crippen LogP contribution >= 0.6 is 0 Å². The van der Waals surface area contributed by atoms with Gasteiger partial charge in [0.1, 0.15) is 11.4 Å². The molecule has 0 saturated heterocycles. The molecule has 0 radical (unpaired) electrons. The second-order valence-corrected chi connectivity index (χ2v) is 7.17. The number of rotatable bonds is 4. The van der Waals surface area contributed by atoms with Crippen molar-refractivity contribution >= 4 is 17.5 Å². The number of anilines is 2. The van der Waals surface area contributed by atoms with Gasteiger partial charge in [-0.15, -0.1) is 0 Å². The molecule has 1 aliphatic rings. The van der Waals surface area contributed by atoms with E-state index in [1.165, 1.54) is 25.0 Å². The predicted molar refractivity (Wildman–Crippen MR) is 91.3 cm³/mol. The van der Waals surface area contributed by atoms with Crippen molar-refractivity contribution in [3.63, 3.8) is 0 Å². The van der Waals surface area contributed by atoms with Crippen LogP contribution in [0.3, 0.4) is 0 Å². The van der Waals surface area contributed by atoms with Crippen molar-refractivity contribution in [2.24, 2.45) is 5.92 Å². The summed E-state index contributed by atoms with van der Waals surface area (Å²) in [6, 6.07) is 4.65. The fraction of sp³-hybridized carbons (Fsp3) is 0.611. The average Bonchev–Trinajstić information content (AvgIpc) is 2.87. The van der Waals surface area contributed by atoms with Gasteiger partial charge in [-0.1, -0.05) is 19.8 Å². The van der Waals surface area contributed by atoms with E-state index in [0.29, 0.717) is 23.3 Å². The molecule has 1 aromatic carbocycles. The molecule has 1 saturated carbocycles. The Balaban J connectivity index is 2.12. The van der Waals surface area contributed by atoms with Gasteiger partial charge >= 0.3 is 6.09 Å². The number of hydrogen-bond donors (Lipinski definition) is 2. The Morgan fingerprint density at radius 3 is 2.70 bits per heavy atom. The van der Waals surface area contributed by atoms with E-state index in [1.807, 2.05) is 0 Å². The maximum atomic E-state index is 13.6. The second-order valence-electron chi connectivity index (χ2n) is 7.17. The Labute approximate surface area is 137 Å². The summed E-state index contributed by atoms with van der Waals surface area (Å²) in [7, 11) is 0. The van der Waals surface area contributed by atoms with Crippen LogP contribution in [0.5, 0.6) is 0 Å². The smallest absolute Gasteiger partial charge is 0.412 e. The minimum Gasteiger partial charge on any atom is -0.444 e. The third kappa shape index (κ3) is 5.12. The summed E-state index contributed by atoms with van der Waals surface area (Å²) < 4.78 is 18.9. The number of benzene rings is 1. The summed E-state index contributed by atoms with van der Waals surface area (Å²) in [6.07, 6.45) is 4.01. The van der Waals surface area contributed by atoms with Crippen molar-refractivity contribution in [3.05, 3.63) is 24.0 Å². The standard InChI is InChI=1S/C18H27FN2O2/c1-5-12-7-6-8-14(12)20-16-11-13(19)9-10-15(16)21-17(22)23-18(2,3)4/h9-12,14,20H,5-8H2,1-4H3,(H,21,22). The van der Waals surface area contributed by atoms with E-state index >= 15 is 0 Å². The fourth-order valence-corrected chi connectivity index (χ4v) is 3.07. The van der Waals surface area contributed by atoms with Crippen LogP contribution < -0.4 is 10.6 Å². The van der Waals surface area contributed by atoms with Crippen molar-refractivity contribution in [2.45, 2.75) is 65.0 Å². The summed E-state index contributed by atoms with van der Waals surface area (Å²) in [4.78, 5) is 12.0. The van der Waals surface area contributed by atoms with E-state index in [4.69, 9.17) is 4.74 Å². The zero-order valence-electron chi connectivity index (χ0n) is 14.4. The third-order valence-corrected chi connectivity index (χ3v) is 4.14. The lowest BCUT2D eigenvalue weighted by atomic mass is 10.0. The Hall–Kier alpha value is -1.78. The molecule has 0 aliphatic heterocycles. The predicted octanol–water partition coefficient (Wildman–Crippen LogP) is 5.16. The van der Waals surface area contributed by atoms with Crippen molar-refractivity contribution in [1.29, 1.82) is 0 Å². The Kier molecular flexibility index (Phi) is 5.50. The van der Waals surface area contributed by atoms with Gasteiger partial charge in [-0.05, 0) is 57.7 Å². The lowest BCUT2D eigenvalue weighted by Gasteiger charge is -2.24. The van der Waals surface area contributed by atoms with Crippen LogP contribution in [-0.4, -0.2) is 17.7 Å². The normalized spacial score (nSPS) is 21.1. The molecule has 0 spiro atoms. The van der Waals surface area contributed by atoms with E-state index in [-0.39, 0.29) is 5.82 Å². The zero-order chi connectivity index (χ0) is 17.0. The molecule has 0 aromatic heterocycles. The van der Waals surface area contributed by atoms with Crippen molar-refractivity contribution in [2.75, 3.05) is 10.6 Å². The van der Waals surface area contributed by atoms with Crippen LogP contribution in [0.25, 0.3) is 0 Å². The first-order valence-corrected chi connectivity index (χ1v) is 8.34. The largest absolute Gasteiger partial charge is 0.444 e. The summed E-state index contributed by atoms with van der Waals surface area (Å²) in [5.41, 5.74) is 0.583. The number of amides is 1. The topological polar surface area (TPSA) is 50.4 Å². The Morgan fingerprint density at radius 1 is 1.30 bits per heavy atom. The van der Waals surface area contributed by atoms with E-state index in [1.54, 1.807) is 26.8 Å². The summed E-state index contributed by atoms with van der Waals surface area (Å²) in [6.45, 7) is 7.60. The van der Waals surface area contributed by atoms with Gasteiger partial charge in [0.25, 0.3) is 0 Å². The molecule has 2 unspecified atom stereocenters. The van der Waals surface area contributed by atoms with E-state index < -0.39 is 11.7 Å². The van der Waals surface area contributed by atoms with Gasteiger partial charge in [-0.2, -0.15) is 0 Å². The van der Waals surface area contributed by atoms with Crippen LogP contribution in [-0.2, 0) is 4.74 Å². The molecule has 1 aromatic rings. The monoisotopic (exact) mass is 322 g/mol. The van der Waals surface area contributed by atoms with Gasteiger partial charge in [0.05, 0.1) is 11.4 Å². The number of carbonyl (C=O) groups excluding carboxylic acids is 1. The van der Waals surface area contributed by atoms with Crippen LogP contribution in [0.2, 0.25) is 0 Å². The molecule has 2 rings (SSSR count). The highest BCUT2D eigenvalue weighted by Gasteiger charge is 2.26. The number of hydrogen-bond acceptors (Lipinski definition) is 3. The minimum absolute atomic E-state index is 0.320. The van der Waals surface area contributed by atoms with Crippen molar-refractivity contribution in [3.8, 4) is 0 Å². The van der Waals surface area contributed by atoms with E-state index in [2.05, 4.69) is 17.6 Å². The molecule has 0 heterocycles. The molecular formula is C18H27FN2O2. The quantitative estimate of drug-likeness (QED) is 0.804. The molecule has 2 atom stereocenters. The maximum Gasteiger partial charge on any atom is 0.412 e. The first-order chi connectivity index (χ1) is 10.8. The molecule has 23 heavy (non-hydrogen) atoms. The molecular weight excluding hydrogens is 295 g/mol. The summed E-state index contributed by atoms with van der Waals surface area (Å²) in [5.74, 6) is 0.265. The highest BCUT2D eigenvalue weighted by Crippen LogP contribution is 2.33.